The minimum Gasteiger partial charge on any atom is -0.481 e. The summed E-state index contributed by atoms with van der Waals surface area (Å²) >= 11 is 6.05. The summed E-state index contributed by atoms with van der Waals surface area (Å²) in [5.41, 5.74) is 3.95. The van der Waals surface area contributed by atoms with Crippen LogP contribution in [-0.2, 0) is 16.0 Å². The standard InChI is InChI=1S/C30H31ClN2O4/c1-3-32(24-17-15-23(31)16-18-24)30(37)26-19-20(2)33(27-9-5-4-8-25(26)27)29(36)22-13-11-21(12-14-22)7-6-10-28(34)35/h4-5,8-9,11-18,20,26H,3,6-7,10,19H2,1-2H3,(H,34,35)/t20-,26-/m0/s1. The quantitative estimate of drug-likeness (QED) is 0.378. The Labute approximate surface area is 222 Å². The van der Waals surface area contributed by atoms with Crippen LogP contribution >= 0.6 is 11.6 Å². The van der Waals surface area contributed by atoms with E-state index in [0.717, 1.165) is 22.5 Å². The highest BCUT2D eigenvalue weighted by molar-refractivity contribution is 6.30. The average molecular weight is 519 g/mol. The number of carbonyl (C=O) groups is 3. The number of likely N-dealkylation sites (N-methyl/N-ethyl adjacent to an activating group) is 1. The molecule has 192 valence electrons. The van der Waals surface area contributed by atoms with E-state index in [-0.39, 0.29) is 30.2 Å². The van der Waals surface area contributed by atoms with E-state index in [1.807, 2.05) is 62.4 Å². The summed E-state index contributed by atoms with van der Waals surface area (Å²) in [6.07, 6.45) is 1.84. The molecule has 3 aromatic carbocycles. The minimum atomic E-state index is -0.809. The molecule has 37 heavy (non-hydrogen) atoms. The fourth-order valence-corrected chi connectivity index (χ4v) is 5.15. The Balaban J connectivity index is 1.58. The highest BCUT2D eigenvalue weighted by Gasteiger charge is 2.38. The number of rotatable bonds is 8. The summed E-state index contributed by atoms with van der Waals surface area (Å²) in [6.45, 7) is 4.45. The minimum absolute atomic E-state index is 0.00179. The predicted molar refractivity (Wildman–Crippen MR) is 147 cm³/mol. The third kappa shape index (κ3) is 5.86. The first kappa shape index (κ1) is 26.4. The summed E-state index contributed by atoms with van der Waals surface area (Å²) in [4.78, 5) is 41.8. The number of aliphatic carboxylic acids is 1. The molecule has 1 aliphatic rings. The average Bonchev–Trinajstić information content (AvgIpc) is 2.89. The number of carboxylic acid groups (broad SMARTS) is 1. The number of nitrogens with zero attached hydrogens (tertiary/aromatic N) is 2. The monoisotopic (exact) mass is 518 g/mol. The number of benzene rings is 3. The lowest BCUT2D eigenvalue weighted by molar-refractivity contribution is -0.137. The highest BCUT2D eigenvalue weighted by atomic mass is 35.5. The Bertz CT molecular complexity index is 1270. The largest absolute Gasteiger partial charge is 0.481 e. The van der Waals surface area contributed by atoms with Gasteiger partial charge in [0.25, 0.3) is 5.91 Å². The fourth-order valence-electron chi connectivity index (χ4n) is 5.03. The number of carboxylic acids is 1. The van der Waals surface area contributed by atoms with Crippen molar-refractivity contribution >= 4 is 40.8 Å². The summed E-state index contributed by atoms with van der Waals surface area (Å²) in [5.74, 6) is -1.30. The van der Waals surface area contributed by atoms with E-state index in [1.54, 1.807) is 34.1 Å². The molecule has 1 N–H and O–H groups in total. The molecule has 1 aliphatic heterocycles. The van der Waals surface area contributed by atoms with Gasteiger partial charge in [-0.1, -0.05) is 41.9 Å². The molecular weight excluding hydrogens is 488 g/mol. The van der Waals surface area contributed by atoms with E-state index in [2.05, 4.69) is 0 Å². The third-order valence-corrected chi connectivity index (χ3v) is 7.14. The van der Waals surface area contributed by atoms with Gasteiger partial charge in [-0.25, -0.2) is 0 Å². The lowest BCUT2D eigenvalue weighted by atomic mass is 9.84. The Kier molecular flexibility index (Phi) is 8.29. The molecule has 7 heteroatoms. The number of carbonyl (C=O) groups excluding carboxylic acids is 2. The molecule has 0 fully saturated rings. The van der Waals surface area contributed by atoms with Crippen molar-refractivity contribution in [1.29, 1.82) is 0 Å². The first-order chi connectivity index (χ1) is 17.8. The number of halogens is 1. The molecule has 0 saturated carbocycles. The van der Waals surface area contributed by atoms with Crippen molar-refractivity contribution in [3.05, 3.63) is 94.5 Å². The van der Waals surface area contributed by atoms with Crippen LogP contribution in [0.15, 0.2) is 72.8 Å². The van der Waals surface area contributed by atoms with Crippen molar-refractivity contribution in [3.63, 3.8) is 0 Å². The zero-order chi connectivity index (χ0) is 26.5. The van der Waals surface area contributed by atoms with Gasteiger partial charge in [-0.3, -0.25) is 14.4 Å². The smallest absolute Gasteiger partial charge is 0.303 e. The molecule has 4 rings (SSSR count). The Morgan fingerprint density at radius 1 is 1.00 bits per heavy atom. The van der Waals surface area contributed by atoms with E-state index in [9.17, 15) is 14.4 Å². The van der Waals surface area contributed by atoms with Crippen LogP contribution in [0.2, 0.25) is 5.02 Å². The molecule has 0 unspecified atom stereocenters. The van der Waals surface area contributed by atoms with Gasteiger partial charge in [-0.15, -0.1) is 0 Å². The number of anilines is 2. The molecule has 0 spiro atoms. The van der Waals surface area contributed by atoms with Crippen LogP contribution in [0.25, 0.3) is 0 Å². The summed E-state index contributed by atoms with van der Waals surface area (Å²) in [6, 6.07) is 22.1. The zero-order valence-electron chi connectivity index (χ0n) is 21.1. The number of aryl methyl sites for hydroxylation is 1. The summed E-state index contributed by atoms with van der Waals surface area (Å²) < 4.78 is 0. The number of para-hydroxylation sites is 1. The van der Waals surface area contributed by atoms with E-state index >= 15 is 0 Å². The lowest BCUT2D eigenvalue weighted by Crippen LogP contribution is -2.46. The first-order valence-electron chi connectivity index (χ1n) is 12.6. The molecule has 0 aliphatic carbocycles. The topological polar surface area (TPSA) is 77.9 Å². The SMILES string of the molecule is CCN(C(=O)[C@H]1C[C@H](C)N(C(=O)c2ccc(CCCC(=O)O)cc2)c2ccccc21)c1ccc(Cl)cc1. The van der Waals surface area contributed by atoms with Gasteiger partial charge in [0.15, 0.2) is 0 Å². The molecular formula is C30H31ClN2O4. The number of hydrogen-bond acceptors (Lipinski definition) is 3. The highest BCUT2D eigenvalue weighted by Crippen LogP contribution is 2.40. The van der Waals surface area contributed by atoms with E-state index in [1.165, 1.54) is 0 Å². The molecule has 2 amide bonds. The second-order valence-electron chi connectivity index (χ2n) is 9.37. The molecule has 3 aromatic rings. The van der Waals surface area contributed by atoms with Gasteiger partial charge in [0.2, 0.25) is 5.91 Å². The number of hydrogen-bond donors (Lipinski definition) is 1. The van der Waals surface area contributed by atoms with Crippen molar-refractivity contribution < 1.29 is 19.5 Å². The maximum Gasteiger partial charge on any atom is 0.303 e. The maximum absolute atomic E-state index is 13.8. The molecule has 0 saturated heterocycles. The van der Waals surface area contributed by atoms with Crippen molar-refractivity contribution in [2.75, 3.05) is 16.3 Å². The Hall–Kier alpha value is -3.64. The van der Waals surface area contributed by atoms with Crippen LogP contribution < -0.4 is 9.80 Å². The second-order valence-corrected chi connectivity index (χ2v) is 9.81. The Morgan fingerprint density at radius 2 is 1.68 bits per heavy atom. The molecule has 0 bridgehead atoms. The van der Waals surface area contributed by atoms with E-state index < -0.39 is 5.97 Å². The molecule has 2 atom stereocenters. The molecule has 6 nitrogen and oxygen atoms in total. The predicted octanol–water partition coefficient (Wildman–Crippen LogP) is 6.32. The number of amides is 2. The summed E-state index contributed by atoms with van der Waals surface area (Å²) in [5, 5.41) is 9.46. The fraction of sp³-hybridized carbons (Fsp3) is 0.300. The van der Waals surface area contributed by atoms with Crippen LogP contribution in [0.5, 0.6) is 0 Å². The normalized spacial score (nSPS) is 16.7. The second kappa shape index (κ2) is 11.6. The van der Waals surface area contributed by atoms with Gasteiger partial charge >= 0.3 is 5.97 Å². The lowest BCUT2D eigenvalue weighted by Gasteiger charge is -2.40. The van der Waals surface area contributed by atoms with Gasteiger partial charge in [0.05, 0.1) is 5.92 Å². The van der Waals surface area contributed by atoms with Crippen LogP contribution in [-0.4, -0.2) is 35.5 Å². The van der Waals surface area contributed by atoms with Crippen LogP contribution in [0.3, 0.4) is 0 Å². The molecule has 1 heterocycles. The van der Waals surface area contributed by atoms with E-state index in [0.29, 0.717) is 36.4 Å². The van der Waals surface area contributed by atoms with Crippen molar-refractivity contribution in [3.8, 4) is 0 Å². The van der Waals surface area contributed by atoms with Gasteiger partial charge < -0.3 is 14.9 Å². The maximum atomic E-state index is 13.8. The van der Waals surface area contributed by atoms with Crippen molar-refractivity contribution in [2.24, 2.45) is 0 Å². The van der Waals surface area contributed by atoms with Gasteiger partial charge in [-0.05, 0) is 86.7 Å². The molecule has 0 aromatic heterocycles. The zero-order valence-corrected chi connectivity index (χ0v) is 21.8. The van der Waals surface area contributed by atoms with Crippen LogP contribution in [0, 0.1) is 0 Å². The van der Waals surface area contributed by atoms with Gasteiger partial charge in [-0.2, -0.15) is 0 Å². The van der Waals surface area contributed by atoms with E-state index in [4.69, 9.17) is 16.7 Å². The van der Waals surface area contributed by atoms with Gasteiger partial charge in [0.1, 0.15) is 0 Å². The van der Waals surface area contributed by atoms with Crippen LogP contribution in [0.1, 0.15) is 60.5 Å². The number of fused-ring (bicyclic) bond motifs is 1. The third-order valence-electron chi connectivity index (χ3n) is 6.88. The Morgan fingerprint density at radius 3 is 2.32 bits per heavy atom. The van der Waals surface area contributed by atoms with Gasteiger partial charge in [0, 0.05) is 41.0 Å². The first-order valence-corrected chi connectivity index (χ1v) is 13.0. The van der Waals surface area contributed by atoms with Crippen molar-refractivity contribution in [2.45, 2.75) is 51.5 Å². The molecule has 0 radical (unpaired) electrons. The van der Waals surface area contributed by atoms with Crippen molar-refractivity contribution in [1.82, 2.24) is 0 Å². The van der Waals surface area contributed by atoms with Crippen LogP contribution in [0.4, 0.5) is 11.4 Å². The summed E-state index contributed by atoms with van der Waals surface area (Å²) in [7, 11) is 0.